The minimum absolute atomic E-state index is 0.0264. The normalized spacial score (nSPS) is 12.2. The molecule has 0 fully saturated rings. The summed E-state index contributed by atoms with van der Waals surface area (Å²) in [4.78, 5) is 11.3. The van der Waals surface area contributed by atoms with Crippen molar-refractivity contribution in [3.05, 3.63) is 0 Å². The molecular formula is C16H32O3. The molecule has 3 nitrogen and oxygen atoms in total. The molecule has 0 aromatic heterocycles. The van der Waals surface area contributed by atoms with E-state index in [0.717, 1.165) is 32.1 Å². The van der Waals surface area contributed by atoms with Crippen molar-refractivity contribution < 1.29 is 14.3 Å². The first-order valence-electron chi connectivity index (χ1n) is 8.04. The van der Waals surface area contributed by atoms with Gasteiger partial charge in [-0.05, 0) is 19.8 Å². The lowest BCUT2D eigenvalue weighted by Gasteiger charge is -2.12. The van der Waals surface area contributed by atoms with Gasteiger partial charge in [0, 0.05) is 0 Å². The third-order valence-corrected chi connectivity index (χ3v) is 3.23. The molecule has 0 saturated carbocycles. The predicted octanol–water partition coefficient (Wildman–Crippen LogP) is 5.47. The summed E-state index contributed by atoms with van der Waals surface area (Å²) in [6.07, 6.45) is 11.2. The minimum Gasteiger partial charge on any atom is -0.434 e. The average Bonchev–Trinajstić information content (AvgIpc) is 2.39. The zero-order valence-electron chi connectivity index (χ0n) is 13.1. The number of unbranched alkanes of at least 4 members (excludes halogenated alkanes) is 7. The van der Waals surface area contributed by atoms with E-state index in [1.165, 1.54) is 32.1 Å². The molecule has 0 aliphatic carbocycles. The Morgan fingerprint density at radius 3 is 2.11 bits per heavy atom. The lowest BCUT2D eigenvalue weighted by atomic mass is 10.1. The van der Waals surface area contributed by atoms with Gasteiger partial charge in [0.15, 0.2) is 0 Å². The molecule has 0 aromatic carbocycles. The summed E-state index contributed by atoms with van der Waals surface area (Å²) in [5, 5.41) is 0. The van der Waals surface area contributed by atoms with Gasteiger partial charge in [-0.2, -0.15) is 0 Å². The molecule has 1 atom stereocenters. The number of carbonyl (C=O) groups is 1. The molecule has 1 unspecified atom stereocenters. The van der Waals surface area contributed by atoms with Crippen LogP contribution in [0.5, 0.6) is 0 Å². The van der Waals surface area contributed by atoms with Gasteiger partial charge < -0.3 is 9.47 Å². The van der Waals surface area contributed by atoms with Crippen LogP contribution in [0.1, 0.15) is 85.0 Å². The van der Waals surface area contributed by atoms with Crippen LogP contribution < -0.4 is 0 Å². The third kappa shape index (κ3) is 13.5. The van der Waals surface area contributed by atoms with E-state index >= 15 is 0 Å². The molecule has 114 valence electrons. The van der Waals surface area contributed by atoms with Gasteiger partial charge in [0.2, 0.25) is 0 Å². The second-order valence-corrected chi connectivity index (χ2v) is 5.29. The first-order valence-corrected chi connectivity index (χ1v) is 8.04. The molecule has 0 amide bonds. The number of carbonyl (C=O) groups excluding carboxylic acids is 1. The summed E-state index contributed by atoms with van der Waals surface area (Å²) in [5.41, 5.74) is 0. The Labute approximate surface area is 119 Å². The first-order chi connectivity index (χ1) is 9.20. The number of ether oxygens (including phenoxy) is 2. The van der Waals surface area contributed by atoms with E-state index < -0.39 is 6.16 Å². The van der Waals surface area contributed by atoms with Gasteiger partial charge in [0.25, 0.3) is 0 Å². The van der Waals surface area contributed by atoms with Crippen molar-refractivity contribution in [3.8, 4) is 0 Å². The largest absolute Gasteiger partial charge is 0.508 e. The lowest BCUT2D eigenvalue weighted by Crippen LogP contribution is -2.16. The third-order valence-electron chi connectivity index (χ3n) is 3.23. The van der Waals surface area contributed by atoms with Crippen LogP contribution in [0.15, 0.2) is 0 Å². The van der Waals surface area contributed by atoms with Crippen LogP contribution >= 0.6 is 0 Å². The van der Waals surface area contributed by atoms with Gasteiger partial charge in [-0.15, -0.1) is 0 Å². The van der Waals surface area contributed by atoms with Crippen LogP contribution in [0.2, 0.25) is 0 Å². The highest BCUT2D eigenvalue weighted by Crippen LogP contribution is 2.08. The molecule has 0 aliphatic rings. The highest BCUT2D eigenvalue weighted by Gasteiger charge is 2.09. The van der Waals surface area contributed by atoms with E-state index in [1.54, 1.807) is 0 Å². The highest BCUT2D eigenvalue weighted by molar-refractivity contribution is 5.59. The molecule has 0 rings (SSSR count). The molecule has 0 heterocycles. The summed E-state index contributed by atoms with van der Waals surface area (Å²) in [5.74, 6) is 0. The maximum Gasteiger partial charge on any atom is 0.508 e. The number of hydrogen-bond donors (Lipinski definition) is 0. The Hall–Kier alpha value is -0.730. The van der Waals surface area contributed by atoms with Crippen LogP contribution in [-0.4, -0.2) is 18.9 Å². The SMILES string of the molecule is CCCCCCCCCOC(=O)OC(C)CCCC. The summed E-state index contributed by atoms with van der Waals surface area (Å²) in [6, 6.07) is 0. The summed E-state index contributed by atoms with van der Waals surface area (Å²) >= 11 is 0. The molecule has 19 heavy (non-hydrogen) atoms. The zero-order valence-corrected chi connectivity index (χ0v) is 13.1. The Balaban J connectivity index is 3.28. The average molecular weight is 272 g/mol. The summed E-state index contributed by atoms with van der Waals surface area (Å²) in [7, 11) is 0. The van der Waals surface area contributed by atoms with Crippen molar-refractivity contribution >= 4 is 6.16 Å². The molecule has 0 aliphatic heterocycles. The number of rotatable bonds is 12. The van der Waals surface area contributed by atoms with E-state index in [4.69, 9.17) is 9.47 Å². The monoisotopic (exact) mass is 272 g/mol. The highest BCUT2D eigenvalue weighted by atomic mass is 16.7. The van der Waals surface area contributed by atoms with E-state index in [0.29, 0.717) is 6.61 Å². The Kier molecular flexibility index (Phi) is 13.2. The second-order valence-electron chi connectivity index (χ2n) is 5.29. The van der Waals surface area contributed by atoms with Crippen molar-refractivity contribution in [2.45, 2.75) is 91.1 Å². The van der Waals surface area contributed by atoms with Gasteiger partial charge in [-0.1, -0.05) is 65.2 Å². The van der Waals surface area contributed by atoms with Crippen molar-refractivity contribution in [2.75, 3.05) is 6.61 Å². The predicted molar refractivity (Wildman–Crippen MR) is 79.4 cm³/mol. The zero-order chi connectivity index (χ0) is 14.3. The fourth-order valence-corrected chi connectivity index (χ4v) is 1.96. The Bertz CT molecular complexity index is 204. The van der Waals surface area contributed by atoms with Crippen LogP contribution in [0.3, 0.4) is 0 Å². The van der Waals surface area contributed by atoms with Gasteiger partial charge in [-0.25, -0.2) is 4.79 Å². The summed E-state index contributed by atoms with van der Waals surface area (Å²) < 4.78 is 10.2. The van der Waals surface area contributed by atoms with Crippen molar-refractivity contribution in [1.29, 1.82) is 0 Å². The molecule has 0 radical (unpaired) electrons. The minimum atomic E-state index is -0.505. The smallest absolute Gasteiger partial charge is 0.434 e. The van der Waals surface area contributed by atoms with Crippen LogP contribution in [0.25, 0.3) is 0 Å². The standard InChI is InChI=1S/C16H32O3/c1-4-6-8-9-10-11-12-14-18-16(17)19-15(3)13-7-5-2/h15H,4-14H2,1-3H3. The maximum absolute atomic E-state index is 11.3. The summed E-state index contributed by atoms with van der Waals surface area (Å²) in [6.45, 7) is 6.77. The molecule has 0 aromatic rings. The Morgan fingerprint density at radius 1 is 0.895 bits per heavy atom. The van der Waals surface area contributed by atoms with Crippen molar-refractivity contribution in [3.63, 3.8) is 0 Å². The number of hydrogen-bond acceptors (Lipinski definition) is 3. The fraction of sp³-hybridized carbons (Fsp3) is 0.938. The van der Waals surface area contributed by atoms with Gasteiger partial charge in [0.05, 0.1) is 6.61 Å². The lowest BCUT2D eigenvalue weighted by molar-refractivity contribution is 0.0252. The quantitative estimate of drug-likeness (QED) is 0.349. The maximum atomic E-state index is 11.3. The Morgan fingerprint density at radius 2 is 1.47 bits per heavy atom. The van der Waals surface area contributed by atoms with Crippen LogP contribution in [-0.2, 0) is 9.47 Å². The second kappa shape index (κ2) is 13.7. The van der Waals surface area contributed by atoms with E-state index in [-0.39, 0.29) is 6.10 Å². The van der Waals surface area contributed by atoms with Crippen LogP contribution in [0, 0.1) is 0 Å². The first kappa shape index (κ1) is 18.3. The molecule has 3 heteroatoms. The van der Waals surface area contributed by atoms with Crippen molar-refractivity contribution in [2.24, 2.45) is 0 Å². The molecular weight excluding hydrogens is 240 g/mol. The topological polar surface area (TPSA) is 35.5 Å². The van der Waals surface area contributed by atoms with Gasteiger partial charge in [0.1, 0.15) is 6.10 Å². The van der Waals surface area contributed by atoms with E-state index in [2.05, 4.69) is 13.8 Å². The molecule has 0 N–H and O–H groups in total. The molecule has 0 bridgehead atoms. The fourth-order valence-electron chi connectivity index (χ4n) is 1.96. The molecule has 0 spiro atoms. The van der Waals surface area contributed by atoms with Gasteiger partial charge >= 0.3 is 6.16 Å². The van der Waals surface area contributed by atoms with Crippen molar-refractivity contribution in [1.82, 2.24) is 0 Å². The van der Waals surface area contributed by atoms with E-state index in [1.807, 2.05) is 6.92 Å². The van der Waals surface area contributed by atoms with E-state index in [9.17, 15) is 4.79 Å². The van der Waals surface area contributed by atoms with Gasteiger partial charge in [-0.3, -0.25) is 0 Å². The van der Waals surface area contributed by atoms with Crippen LogP contribution in [0.4, 0.5) is 4.79 Å². The molecule has 0 saturated heterocycles.